The number of hydrogen-bond donors (Lipinski definition) is 1. The predicted octanol–water partition coefficient (Wildman–Crippen LogP) is 6.29. The Hall–Kier alpha value is -4.21. The molecular weight excluding hydrogens is 540 g/mol. The highest BCUT2D eigenvalue weighted by Gasteiger charge is 2.28. The van der Waals surface area contributed by atoms with E-state index in [9.17, 15) is 13.2 Å². The van der Waals surface area contributed by atoms with Gasteiger partial charge in [-0.1, -0.05) is 47.5 Å². The molecule has 0 aliphatic heterocycles. The van der Waals surface area contributed by atoms with E-state index in [1.807, 2.05) is 37.3 Å². The lowest BCUT2D eigenvalue weighted by molar-refractivity contribution is -0.114. The number of benzene rings is 4. The fourth-order valence-corrected chi connectivity index (χ4v) is 5.39. The average Bonchev–Trinajstić information content (AvgIpc) is 2.93. The van der Waals surface area contributed by atoms with E-state index in [-0.39, 0.29) is 16.3 Å². The molecule has 0 spiro atoms. The molecule has 4 rings (SSSR count). The molecular formula is C29H27ClN2O6S. The van der Waals surface area contributed by atoms with Crippen LogP contribution in [0.15, 0.2) is 95.9 Å². The van der Waals surface area contributed by atoms with Gasteiger partial charge in [0.15, 0.2) is 0 Å². The summed E-state index contributed by atoms with van der Waals surface area (Å²) in [5.41, 5.74) is 1.47. The summed E-state index contributed by atoms with van der Waals surface area (Å²) in [7, 11) is -1.23. The van der Waals surface area contributed by atoms with Crippen molar-refractivity contribution in [2.45, 2.75) is 11.8 Å². The molecule has 0 atom stereocenters. The van der Waals surface area contributed by atoms with Crippen molar-refractivity contribution in [2.75, 3.05) is 30.4 Å². The lowest BCUT2D eigenvalue weighted by atomic mass is 10.2. The third-order valence-corrected chi connectivity index (χ3v) is 7.83. The maximum absolute atomic E-state index is 13.7. The molecule has 0 bridgehead atoms. The number of methoxy groups -OCH3 is 2. The Morgan fingerprint density at radius 1 is 0.846 bits per heavy atom. The number of nitrogens with zero attached hydrogens (tertiary/aromatic N) is 1. The van der Waals surface area contributed by atoms with Crippen LogP contribution in [-0.2, 0) is 14.8 Å². The molecule has 0 saturated carbocycles. The van der Waals surface area contributed by atoms with Gasteiger partial charge in [0.1, 0.15) is 29.5 Å². The van der Waals surface area contributed by atoms with E-state index < -0.39 is 22.5 Å². The minimum atomic E-state index is -4.11. The topological polar surface area (TPSA) is 94.2 Å². The van der Waals surface area contributed by atoms with Gasteiger partial charge in [0.05, 0.1) is 35.5 Å². The zero-order chi connectivity index (χ0) is 28.0. The Bertz CT molecular complexity index is 1540. The van der Waals surface area contributed by atoms with E-state index in [1.54, 1.807) is 36.4 Å². The number of anilines is 2. The molecule has 0 aliphatic rings. The number of para-hydroxylation sites is 1. The normalized spacial score (nSPS) is 11.0. The highest BCUT2D eigenvalue weighted by Crippen LogP contribution is 2.36. The van der Waals surface area contributed by atoms with E-state index in [1.165, 1.54) is 38.5 Å². The average molecular weight is 567 g/mol. The van der Waals surface area contributed by atoms with Gasteiger partial charge < -0.3 is 19.5 Å². The summed E-state index contributed by atoms with van der Waals surface area (Å²) in [6, 6.07) is 25.1. The summed E-state index contributed by atoms with van der Waals surface area (Å²) in [4.78, 5) is 13.3. The number of carbonyl (C=O) groups excluding carboxylic acids is 1. The number of rotatable bonds is 10. The molecule has 0 aromatic heterocycles. The van der Waals surface area contributed by atoms with Crippen molar-refractivity contribution in [3.63, 3.8) is 0 Å². The molecule has 0 saturated heterocycles. The molecule has 1 amide bonds. The fourth-order valence-electron chi connectivity index (χ4n) is 3.74. The van der Waals surface area contributed by atoms with Gasteiger partial charge in [-0.2, -0.15) is 0 Å². The maximum atomic E-state index is 13.7. The highest BCUT2D eigenvalue weighted by molar-refractivity contribution is 7.92. The molecule has 39 heavy (non-hydrogen) atoms. The van der Waals surface area contributed by atoms with Crippen LogP contribution in [0.4, 0.5) is 11.4 Å². The quantitative estimate of drug-likeness (QED) is 0.242. The lowest BCUT2D eigenvalue weighted by Gasteiger charge is -2.24. The van der Waals surface area contributed by atoms with Crippen molar-refractivity contribution in [1.29, 1.82) is 0 Å². The van der Waals surface area contributed by atoms with Gasteiger partial charge in [0.25, 0.3) is 10.0 Å². The largest absolute Gasteiger partial charge is 0.495 e. The van der Waals surface area contributed by atoms with Crippen molar-refractivity contribution >= 4 is 38.9 Å². The number of sulfonamides is 1. The molecule has 4 aromatic rings. The van der Waals surface area contributed by atoms with Crippen LogP contribution in [0.1, 0.15) is 5.56 Å². The van der Waals surface area contributed by atoms with Gasteiger partial charge >= 0.3 is 0 Å². The smallest absolute Gasteiger partial charge is 0.264 e. The molecule has 0 aliphatic carbocycles. The van der Waals surface area contributed by atoms with Crippen LogP contribution < -0.4 is 23.8 Å². The first-order valence-electron chi connectivity index (χ1n) is 11.8. The van der Waals surface area contributed by atoms with Crippen molar-refractivity contribution in [3.05, 3.63) is 102 Å². The lowest BCUT2D eigenvalue weighted by Crippen LogP contribution is -2.38. The van der Waals surface area contributed by atoms with Gasteiger partial charge in [-0.15, -0.1) is 0 Å². The van der Waals surface area contributed by atoms with Crippen molar-refractivity contribution < 1.29 is 27.4 Å². The van der Waals surface area contributed by atoms with Gasteiger partial charge in [-0.05, 0) is 55.5 Å². The van der Waals surface area contributed by atoms with Crippen molar-refractivity contribution in [3.8, 4) is 23.0 Å². The van der Waals surface area contributed by atoms with Crippen LogP contribution in [0.5, 0.6) is 23.0 Å². The second-order valence-corrected chi connectivity index (χ2v) is 10.7. The first-order valence-corrected chi connectivity index (χ1v) is 13.7. The van der Waals surface area contributed by atoms with Crippen LogP contribution in [-0.4, -0.2) is 35.1 Å². The summed E-state index contributed by atoms with van der Waals surface area (Å²) in [5.74, 6) is 1.18. The van der Waals surface area contributed by atoms with Gasteiger partial charge in [-0.25, -0.2) is 8.42 Å². The Morgan fingerprint density at radius 3 is 2.08 bits per heavy atom. The molecule has 0 radical (unpaired) electrons. The van der Waals surface area contributed by atoms with Crippen LogP contribution in [0.25, 0.3) is 0 Å². The number of ether oxygens (including phenoxy) is 3. The van der Waals surface area contributed by atoms with Crippen LogP contribution >= 0.6 is 11.6 Å². The second-order valence-electron chi connectivity index (χ2n) is 8.47. The molecule has 10 heteroatoms. The Kier molecular flexibility index (Phi) is 8.63. The van der Waals surface area contributed by atoms with E-state index in [4.69, 9.17) is 25.8 Å². The van der Waals surface area contributed by atoms with Gasteiger partial charge in [0, 0.05) is 12.1 Å². The van der Waals surface area contributed by atoms with Gasteiger partial charge in [-0.3, -0.25) is 9.10 Å². The molecule has 1 N–H and O–H groups in total. The van der Waals surface area contributed by atoms with Gasteiger partial charge in [0.2, 0.25) is 5.91 Å². The monoisotopic (exact) mass is 566 g/mol. The fraction of sp³-hybridized carbons (Fsp3) is 0.138. The third kappa shape index (κ3) is 6.63. The van der Waals surface area contributed by atoms with E-state index in [0.717, 1.165) is 9.87 Å². The number of carbonyl (C=O) groups is 1. The molecule has 0 fully saturated rings. The standard InChI is InChI=1S/C29H27ClN2O6S/c1-20-9-15-24(16-10-20)39(34,35)32(21-11-13-23(14-12-21)38-22-7-5-4-6-8-22)19-29(33)31-26-18-27(36-2)25(30)17-28(26)37-3/h4-18H,19H2,1-3H3,(H,31,33). The maximum Gasteiger partial charge on any atom is 0.264 e. The Balaban J connectivity index is 1.65. The molecule has 0 unspecified atom stereocenters. The Morgan fingerprint density at radius 2 is 1.46 bits per heavy atom. The minimum absolute atomic E-state index is 0.0521. The summed E-state index contributed by atoms with van der Waals surface area (Å²) >= 11 is 6.17. The van der Waals surface area contributed by atoms with E-state index in [0.29, 0.717) is 28.0 Å². The SMILES string of the molecule is COc1cc(NC(=O)CN(c2ccc(Oc3ccccc3)cc2)S(=O)(=O)c2ccc(C)cc2)c(OC)cc1Cl. The first kappa shape index (κ1) is 27.8. The van der Waals surface area contributed by atoms with E-state index >= 15 is 0 Å². The number of nitrogens with one attached hydrogen (secondary N) is 1. The first-order chi connectivity index (χ1) is 18.7. The molecule has 202 valence electrons. The number of hydrogen-bond acceptors (Lipinski definition) is 6. The summed E-state index contributed by atoms with van der Waals surface area (Å²) < 4.78 is 44.9. The zero-order valence-corrected chi connectivity index (χ0v) is 23.1. The van der Waals surface area contributed by atoms with Crippen LogP contribution in [0, 0.1) is 6.92 Å². The third-order valence-electron chi connectivity index (χ3n) is 5.75. The van der Waals surface area contributed by atoms with Crippen LogP contribution in [0.2, 0.25) is 5.02 Å². The van der Waals surface area contributed by atoms with Crippen molar-refractivity contribution in [1.82, 2.24) is 0 Å². The summed E-state index contributed by atoms with van der Waals surface area (Å²) in [6.07, 6.45) is 0. The Labute approximate surface area is 232 Å². The predicted molar refractivity (Wildman–Crippen MR) is 152 cm³/mol. The van der Waals surface area contributed by atoms with E-state index in [2.05, 4.69) is 5.32 Å². The zero-order valence-electron chi connectivity index (χ0n) is 21.6. The van der Waals surface area contributed by atoms with Crippen LogP contribution in [0.3, 0.4) is 0 Å². The second kappa shape index (κ2) is 12.1. The number of halogens is 1. The molecule has 0 heterocycles. The number of amides is 1. The summed E-state index contributed by atoms with van der Waals surface area (Å²) in [6.45, 7) is 1.35. The molecule has 4 aromatic carbocycles. The van der Waals surface area contributed by atoms with Crippen molar-refractivity contribution in [2.24, 2.45) is 0 Å². The minimum Gasteiger partial charge on any atom is -0.495 e. The molecule has 8 nitrogen and oxygen atoms in total. The summed E-state index contributed by atoms with van der Waals surface area (Å²) in [5, 5.41) is 3.01. The highest BCUT2D eigenvalue weighted by atomic mass is 35.5. The number of aryl methyl sites for hydroxylation is 1.